The zero-order chi connectivity index (χ0) is 10.3. The van der Waals surface area contributed by atoms with Gasteiger partial charge < -0.3 is 9.84 Å². The van der Waals surface area contributed by atoms with Crippen molar-refractivity contribution in [3.05, 3.63) is 11.6 Å². The number of fused-ring (bicyclic) bond motifs is 2. The maximum atomic E-state index is 11.5. The Morgan fingerprint density at radius 3 is 2.93 bits per heavy atom. The van der Waals surface area contributed by atoms with Crippen molar-refractivity contribution in [1.29, 1.82) is 0 Å². The number of hydrogen-bond acceptors (Lipinski definition) is 3. The van der Waals surface area contributed by atoms with E-state index >= 15 is 0 Å². The second kappa shape index (κ2) is 3.39. The van der Waals surface area contributed by atoms with E-state index in [2.05, 4.69) is 6.08 Å². The molecule has 3 nitrogen and oxygen atoms in total. The lowest BCUT2D eigenvalue weighted by Gasteiger charge is -2.24. The van der Waals surface area contributed by atoms with E-state index in [1.807, 2.05) is 6.92 Å². The first-order valence-corrected chi connectivity index (χ1v) is 5.18. The Hall–Kier alpha value is -0.830. The number of aliphatic hydroxyl groups excluding tert-OH is 1. The molecule has 1 fully saturated rings. The fourth-order valence-corrected chi connectivity index (χ4v) is 2.72. The fourth-order valence-electron chi connectivity index (χ4n) is 2.72. The topological polar surface area (TPSA) is 46.5 Å². The minimum Gasteiger partial charge on any atom is -0.466 e. The zero-order valence-electron chi connectivity index (χ0n) is 8.56. The number of rotatable bonds is 2. The summed E-state index contributed by atoms with van der Waals surface area (Å²) in [6.07, 6.45) is 2.50. The molecule has 0 aromatic carbocycles. The molecule has 0 heterocycles. The lowest BCUT2D eigenvalue weighted by atomic mass is 9.87. The van der Waals surface area contributed by atoms with E-state index in [1.54, 1.807) is 6.92 Å². The molecule has 1 N–H and O–H groups in total. The summed E-state index contributed by atoms with van der Waals surface area (Å²) in [6.45, 7) is 4.20. The Balaban J connectivity index is 2.13. The Morgan fingerprint density at radius 2 is 2.43 bits per heavy atom. The van der Waals surface area contributed by atoms with Gasteiger partial charge in [0.25, 0.3) is 0 Å². The summed E-state index contributed by atoms with van der Waals surface area (Å²) in [4.78, 5) is 11.5. The predicted molar refractivity (Wildman–Crippen MR) is 51.5 cm³/mol. The van der Waals surface area contributed by atoms with Gasteiger partial charge in [0.05, 0.1) is 18.6 Å². The van der Waals surface area contributed by atoms with Crippen molar-refractivity contribution in [2.45, 2.75) is 26.4 Å². The smallest absolute Gasteiger partial charge is 0.312 e. The molecule has 4 atom stereocenters. The first-order valence-electron chi connectivity index (χ1n) is 5.18. The lowest BCUT2D eigenvalue weighted by Crippen LogP contribution is -2.34. The summed E-state index contributed by atoms with van der Waals surface area (Å²) in [5.41, 5.74) is 1.23. The first-order chi connectivity index (χ1) is 6.65. The standard InChI is InChI=1S/C11H16O3/c1-3-14-11(13)9-7-4-6(2)8(5-7)10(9)12/h4,7-10,12H,3,5H2,1-2H3/t7-,8-,9-,10-/m0/s1. The molecule has 2 bridgehead atoms. The van der Waals surface area contributed by atoms with Crippen LogP contribution < -0.4 is 0 Å². The Kier molecular flexibility index (Phi) is 2.35. The summed E-state index contributed by atoms with van der Waals surface area (Å²) in [6, 6.07) is 0. The number of allylic oxidation sites excluding steroid dienone is 1. The quantitative estimate of drug-likeness (QED) is 0.532. The maximum absolute atomic E-state index is 11.5. The number of carbonyl (C=O) groups excluding carboxylic acids is 1. The van der Waals surface area contributed by atoms with Crippen LogP contribution in [-0.2, 0) is 9.53 Å². The number of esters is 1. The third-order valence-electron chi connectivity index (χ3n) is 3.39. The van der Waals surface area contributed by atoms with Gasteiger partial charge in [0.1, 0.15) is 0 Å². The molecule has 0 radical (unpaired) electrons. The SMILES string of the molecule is CCOC(=O)[C@@H]1[C@@H](O)[C@H]2C[C@@H]1C=C2C. The van der Waals surface area contributed by atoms with Gasteiger partial charge >= 0.3 is 5.97 Å². The fraction of sp³-hybridized carbons (Fsp3) is 0.727. The molecule has 0 aromatic rings. The van der Waals surface area contributed by atoms with Crippen molar-refractivity contribution in [3.8, 4) is 0 Å². The highest BCUT2D eigenvalue weighted by Gasteiger charge is 2.50. The minimum absolute atomic E-state index is 0.189. The van der Waals surface area contributed by atoms with Crippen LogP contribution >= 0.6 is 0 Å². The predicted octanol–water partition coefficient (Wildman–Crippen LogP) is 1.12. The van der Waals surface area contributed by atoms with Gasteiger partial charge in [-0.15, -0.1) is 0 Å². The molecule has 2 aliphatic rings. The molecule has 78 valence electrons. The van der Waals surface area contributed by atoms with Gasteiger partial charge in [-0.1, -0.05) is 11.6 Å². The van der Waals surface area contributed by atoms with Crippen LogP contribution in [0.1, 0.15) is 20.3 Å². The van der Waals surface area contributed by atoms with Crippen LogP contribution in [0.5, 0.6) is 0 Å². The summed E-state index contributed by atoms with van der Waals surface area (Å²) in [5.74, 6) is -0.164. The van der Waals surface area contributed by atoms with Crippen molar-refractivity contribution < 1.29 is 14.6 Å². The maximum Gasteiger partial charge on any atom is 0.312 e. The molecule has 0 aliphatic heterocycles. The molecule has 14 heavy (non-hydrogen) atoms. The second-order valence-corrected chi connectivity index (χ2v) is 4.19. The van der Waals surface area contributed by atoms with E-state index in [0.717, 1.165) is 6.42 Å². The van der Waals surface area contributed by atoms with E-state index in [0.29, 0.717) is 6.61 Å². The molecular weight excluding hydrogens is 180 g/mol. The van der Waals surface area contributed by atoms with Crippen LogP contribution in [0, 0.1) is 17.8 Å². The molecule has 3 heteroatoms. The van der Waals surface area contributed by atoms with E-state index in [1.165, 1.54) is 5.57 Å². The molecule has 0 saturated heterocycles. The average Bonchev–Trinajstić information content (AvgIpc) is 2.60. The molecule has 0 aromatic heterocycles. The number of hydrogen-bond donors (Lipinski definition) is 1. The number of aliphatic hydroxyl groups is 1. The average molecular weight is 196 g/mol. The van der Waals surface area contributed by atoms with E-state index < -0.39 is 6.10 Å². The molecule has 0 amide bonds. The second-order valence-electron chi connectivity index (χ2n) is 4.19. The van der Waals surface area contributed by atoms with Crippen LogP contribution in [0.3, 0.4) is 0 Å². The Bertz CT molecular complexity index is 282. The summed E-state index contributed by atoms with van der Waals surface area (Å²) >= 11 is 0. The van der Waals surface area contributed by atoms with Gasteiger partial charge in [-0.25, -0.2) is 0 Å². The zero-order valence-corrected chi connectivity index (χ0v) is 8.56. The van der Waals surface area contributed by atoms with Gasteiger partial charge in [0.2, 0.25) is 0 Å². The van der Waals surface area contributed by atoms with Gasteiger partial charge in [-0.05, 0) is 26.2 Å². The Labute approximate surface area is 83.8 Å². The minimum atomic E-state index is -0.524. The van der Waals surface area contributed by atoms with Crippen LogP contribution in [-0.4, -0.2) is 23.8 Å². The molecule has 2 aliphatic carbocycles. The first kappa shape index (κ1) is 9.71. The van der Waals surface area contributed by atoms with Crippen molar-refractivity contribution in [1.82, 2.24) is 0 Å². The summed E-state index contributed by atoms with van der Waals surface area (Å²) in [7, 11) is 0. The van der Waals surface area contributed by atoms with Gasteiger partial charge in [0.15, 0.2) is 0 Å². The van der Waals surface area contributed by atoms with E-state index in [4.69, 9.17) is 4.74 Å². The Morgan fingerprint density at radius 1 is 1.71 bits per heavy atom. The largest absolute Gasteiger partial charge is 0.466 e. The molecular formula is C11H16O3. The molecule has 1 saturated carbocycles. The number of carbonyl (C=O) groups is 1. The number of ether oxygens (including phenoxy) is 1. The summed E-state index contributed by atoms with van der Waals surface area (Å²) in [5, 5.41) is 9.90. The van der Waals surface area contributed by atoms with Crippen molar-refractivity contribution in [2.24, 2.45) is 17.8 Å². The monoisotopic (exact) mass is 196 g/mol. The van der Waals surface area contributed by atoms with E-state index in [-0.39, 0.29) is 23.7 Å². The van der Waals surface area contributed by atoms with Gasteiger partial charge in [-0.2, -0.15) is 0 Å². The molecule has 0 spiro atoms. The van der Waals surface area contributed by atoms with Crippen molar-refractivity contribution in [2.75, 3.05) is 6.61 Å². The van der Waals surface area contributed by atoms with Crippen LogP contribution in [0.25, 0.3) is 0 Å². The third kappa shape index (κ3) is 1.27. The molecule has 2 rings (SSSR count). The van der Waals surface area contributed by atoms with Crippen LogP contribution in [0.2, 0.25) is 0 Å². The molecule has 0 unspecified atom stereocenters. The lowest BCUT2D eigenvalue weighted by molar-refractivity contribution is -0.152. The van der Waals surface area contributed by atoms with Crippen LogP contribution in [0.15, 0.2) is 11.6 Å². The van der Waals surface area contributed by atoms with Gasteiger partial charge in [-0.3, -0.25) is 4.79 Å². The highest BCUT2D eigenvalue weighted by Crippen LogP contribution is 2.47. The highest BCUT2D eigenvalue weighted by atomic mass is 16.5. The highest BCUT2D eigenvalue weighted by molar-refractivity contribution is 5.75. The third-order valence-corrected chi connectivity index (χ3v) is 3.39. The van der Waals surface area contributed by atoms with Crippen LogP contribution in [0.4, 0.5) is 0 Å². The van der Waals surface area contributed by atoms with Crippen molar-refractivity contribution >= 4 is 5.97 Å². The summed E-state index contributed by atoms with van der Waals surface area (Å²) < 4.78 is 4.96. The normalized spacial score (nSPS) is 39.8. The van der Waals surface area contributed by atoms with E-state index in [9.17, 15) is 9.90 Å². The van der Waals surface area contributed by atoms with Gasteiger partial charge in [0, 0.05) is 5.92 Å². The van der Waals surface area contributed by atoms with Crippen molar-refractivity contribution in [3.63, 3.8) is 0 Å².